The fraction of sp³-hybridized carbons (Fsp3) is 0.435. The minimum absolute atomic E-state index is 0.201. The smallest absolute Gasteiger partial charge is 0.231 e. The summed E-state index contributed by atoms with van der Waals surface area (Å²) in [5, 5.41) is 0. The van der Waals surface area contributed by atoms with Gasteiger partial charge in [0.1, 0.15) is 0 Å². The van der Waals surface area contributed by atoms with E-state index < -0.39 is 0 Å². The Kier molecular flexibility index (Phi) is 5.02. The molecule has 0 spiro atoms. The Morgan fingerprint density at radius 1 is 0.966 bits per heavy atom. The number of hydrogen-bond donors (Lipinski definition) is 0. The zero-order valence-electron chi connectivity index (χ0n) is 16.5. The molecule has 0 aromatic heterocycles. The highest BCUT2D eigenvalue weighted by molar-refractivity contribution is 5.79. The molecule has 29 heavy (non-hydrogen) atoms. The van der Waals surface area contributed by atoms with E-state index in [-0.39, 0.29) is 5.91 Å². The highest BCUT2D eigenvalue weighted by atomic mass is 16.7. The molecule has 1 unspecified atom stereocenters. The van der Waals surface area contributed by atoms with Crippen molar-refractivity contribution in [1.82, 2.24) is 4.90 Å². The van der Waals surface area contributed by atoms with Crippen LogP contribution in [0.2, 0.25) is 0 Å². The number of ether oxygens (including phenoxy) is 3. The van der Waals surface area contributed by atoms with Gasteiger partial charge in [0.25, 0.3) is 0 Å². The minimum atomic E-state index is 0.201. The number of amides is 1. The summed E-state index contributed by atoms with van der Waals surface area (Å²) >= 11 is 0. The maximum absolute atomic E-state index is 12.8. The Morgan fingerprint density at radius 3 is 2.59 bits per heavy atom. The minimum Gasteiger partial charge on any atom is -0.454 e. The van der Waals surface area contributed by atoms with Crippen LogP contribution in [0.15, 0.2) is 42.5 Å². The molecule has 2 aromatic rings. The molecule has 6 heteroatoms. The number of carbonyl (C=O) groups excluding carboxylic acids is 1. The van der Waals surface area contributed by atoms with Crippen molar-refractivity contribution in [3.05, 3.63) is 53.6 Å². The Hall–Kier alpha value is -2.73. The Morgan fingerprint density at radius 2 is 1.76 bits per heavy atom. The summed E-state index contributed by atoms with van der Waals surface area (Å²) in [6, 6.07) is 14.5. The SMILES string of the molecule is O=C(Cc1ccc(N2CCOCC2)cc1)N1CCC(c2ccc3c(c2)OCO3)C1. The quantitative estimate of drug-likeness (QED) is 0.798. The number of carbonyl (C=O) groups is 1. The molecule has 0 N–H and O–H groups in total. The number of nitrogens with zero attached hydrogens (tertiary/aromatic N) is 2. The summed E-state index contributed by atoms with van der Waals surface area (Å²) in [6.07, 6.45) is 1.44. The summed E-state index contributed by atoms with van der Waals surface area (Å²) in [5.41, 5.74) is 3.49. The van der Waals surface area contributed by atoms with Crippen molar-refractivity contribution in [3.63, 3.8) is 0 Å². The molecule has 0 saturated carbocycles. The number of rotatable bonds is 4. The molecule has 2 fully saturated rings. The van der Waals surface area contributed by atoms with Crippen LogP contribution in [0.3, 0.4) is 0 Å². The molecule has 2 aromatic carbocycles. The first-order chi connectivity index (χ1) is 14.3. The molecule has 5 rings (SSSR count). The number of hydrogen-bond acceptors (Lipinski definition) is 5. The van der Waals surface area contributed by atoms with E-state index in [9.17, 15) is 4.79 Å². The van der Waals surface area contributed by atoms with Gasteiger partial charge >= 0.3 is 0 Å². The fourth-order valence-corrected chi connectivity index (χ4v) is 4.36. The second-order valence-electron chi connectivity index (χ2n) is 7.88. The van der Waals surface area contributed by atoms with Gasteiger partial charge in [0.15, 0.2) is 11.5 Å². The van der Waals surface area contributed by atoms with Gasteiger partial charge in [-0.2, -0.15) is 0 Å². The van der Waals surface area contributed by atoms with Gasteiger partial charge < -0.3 is 24.0 Å². The third-order valence-electron chi connectivity index (χ3n) is 6.08. The van der Waals surface area contributed by atoms with E-state index in [1.54, 1.807) is 0 Å². The van der Waals surface area contributed by atoms with Crippen LogP contribution >= 0.6 is 0 Å². The topological polar surface area (TPSA) is 51.2 Å². The number of likely N-dealkylation sites (tertiary alicyclic amines) is 1. The van der Waals surface area contributed by atoms with Crippen LogP contribution in [0, 0.1) is 0 Å². The molecule has 152 valence electrons. The first-order valence-electron chi connectivity index (χ1n) is 10.4. The van der Waals surface area contributed by atoms with Crippen LogP contribution in [0.4, 0.5) is 5.69 Å². The molecule has 3 heterocycles. The van der Waals surface area contributed by atoms with Crippen molar-refractivity contribution >= 4 is 11.6 Å². The normalized spacial score (nSPS) is 20.9. The molecular weight excluding hydrogens is 368 g/mol. The van der Waals surface area contributed by atoms with Crippen LogP contribution in [-0.2, 0) is 16.0 Å². The average molecular weight is 394 g/mol. The summed E-state index contributed by atoms with van der Waals surface area (Å²) in [4.78, 5) is 17.1. The molecule has 2 saturated heterocycles. The molecule has 0 bridgehead atoms. The van der Waals surface area contributed by atoms with E-state index in [0.717, 1.165) is 62.9 Å². The number of benzene rings is 2. The summed E-state index contributed by atoms with van der Waals surface area (Å²) in [7, 11) is 0. The summed E-state index contributed by atoms with van der Waals surface area (Å²) in [5.74, 6) is 2.18. The molecule has 6 nitrogen and oxygen atoms in total. The molecule has 0 radical (unpaired) electrons. The standard InChI is InChI=1S/C23H26N2O4/c26-23(13-17-1-4-20(5-2-17)24-9-11-27-12-10-24)25-8-7-19(15-25)18-3-6-21-22(14-18)29-16-28-21/h1-6,14,19H,7-13,15-16H2. The average Bonchev–Trinajstić information content (AvgIpc) is 3.44. The van der Waals surface area contributed by atoms with E-state index in [1.165, 1.54) is 11.3 Å². The van der Waals surface area contributed by atoms with Gasteiger partial charge in [0, 0.05) is 37.8 Å². The second-order valence-corrected chi connectivity index (χ2v) is 7.88. The molecule has 1 amide bonds. The zero-order valence-corrected chi connectivity index (χ0v) is 16.5. The molecule has 3 aliphatic rings. The third kappa shape index (κ3) is 3.90. The third-order valence-corrected chi connectivity index (χ3v) is 6.08. The number of anilines is 1. The highest BCUT2D eigenvalue weighted by Gasteiger charge is 2.28. The van der Waals surface area contributed by atoms with Crippen molar-refractivity contribution in [1.29, 1.82) is 0 Å². The van der Waals surface area contributed by atoms with Gasteiger partial charge in [-0.15, -0.1) is 0 Å². The number of morpholine rings is 1. The Labute approximate surface area is 171 Å². The van der Waals surface area contributed by atoms with Gasteiger partial charge in [-0.05, 0) is 41.8 Å². The van der Waals surface area contributed by atoms with Gasteiger partial charge in [-0.1, -0.05) is 18.2 Å². The zero-order chi connectivity index (χ0) is 19.6. The predicted octanol–water partition coefficient (Wildman–Crippen LogP) is 2.81. The molecule has 3 aliphatic heterocycles. The van der Waals surface area contributed by atoms with Crippen molar-refractivity contribution in [2.24, 2.45) is 0 Å². The largest absolute Gasteiger partial charge is 0.454 e. The van der Waals surface area contributed by atoms with Gasteiger partial charge in [-0.3, -0.25) is 4.79 Å². The molecule has 0 aliphatic carbocycles. The van der Waals surface area contributed by atoms with Crippen molar-refractivity contribution in [3.8, 4) is 11.5 Å². The van der Waals surface area contributed by atoms with Crippen LogP contribution in [0.5, 0.6) is 11.5 Å². The fourth-order valence-electron chi connectivity index (χ4n) is 4.36. The van der Waals surface area contributed by atoms with Gasteiger partial charge in [-0.25, -0.2) is 0 Å². The van der Waals surface area contributed by atoms with Crippen molar-refractivity contribution in [2.75, 3.05) is 51.1 Å². The lowest BCUT2D eigenvalue weighted by Crippen LogP contribution is -2.36. The lowest BCUT2D eigenvalue weighted by atomic mass is 9.98. The van der Waals surface area contributed by atoms with E-state index in [4.69, 9.17) is 14.2 Å². The highest BCUT2D eigenvalue weighted by Crippen LogP contribution is 2.37. The van der Waals surface area contributed by atoms with E-state index in [0.29, 0.717) is 19.1 Å². The second kappa shape index (κ2) is 7.95. The van der Waals surface area contributed by atoms with Gasteiger partial charge in [0.2, 0.25) is 12.7 Å². The lowest BCUT2D eigenvalue weighted by Gasteiger charge is -2.29. The van der Waals surface area contributed by atoms with Crippen LogP contribution in [-0.4, -0.2) is 57.0 Å². The monoisotopic (exact) mass is 394 g/mol. The van der Waals surface area contributed by atoms with E-state index in [2.05, 4.69) is 41.3 Å². The Bertz CT molecular complexity index is 877. The first kappa shape index (κ1) is 18.3. The summed E-state index contributed by atoms with van der Waals surface area (Å²) < 4.78 is 16.3. The van der Waals surface area contributed by atoms with Crippen LogP contribution in [0.25, 0.3) is 0 Å². The maximum Gasteiger partial charge on any atom is 0.231 e. The summed E-state index contributed by atoms with van der Waals surface area (Å²) in [6.45, 7) is 5.27. The number of fused-ring (bicyclic) bond motifs is 1. The van der Waals surface area contributed by atoms with Crippen molar-refractivity contribution in [2.45, 2.75) is 18.8 Å². The first-order valence-corrected chi connectivity index (χ1v) is 10.4. The maximum atomic E-state index is 12.8. The van der Waals surface area contributed by atoms with Crippen LogP contribution < -0.4 is 14.4 Å². The van der Waals surface area contributed by atoms with E-state index in [1.807, 2.05) is 11.0 Å². The van der Waals surface area contributed by atoms with E-state index >= 15 is 0 Å². The van der Waals surface area contributed by atoms with Gasteiger partial charge in [0.05, 0.1) is 19.6 Å². The molecular formula is C23H26N2O4. The predicted molar refractivity (Wildman–Crippen MR) is 110 cm³/mol. The van der Waals surface area contributed by atoms with Crippen molar-refractivity contribution < 1.29 is 19.0 Å². The van der Waals surface area contributed by atoms with Crippen LogP contribution in [0.1, 0.15) is 23.5 Å². The Balaban J connectivity index is 1.18. The molecule has 1 atom stereocenters. The lowest BCUT2D eigenvalue weighted by molar-refractivity contribution is -0.129.